The number of carbonyl (C=O) groups is 2. The van der Waals surface area contributed by atoms with Crippen LogP contribution >= 0.6 is 22.9 Å². The number of aromatic nitrogens is 1. The minimum absolute atomic E-state index is 0.170. The number of benzene rings is 2. The van der Waals surface area contributed by atoms with E-state index in [2.05, 4.69) is 16.7 Å². The van der Waals surface area contributed by atoms with Gasteiger partial charge in [-0.2, -0.15) is 5.26 Å². The average molecular weight is 515 g/mol. The quantitative estimate of drug-likeness (QED) is 0.415. The molecule has 0 radical (unpaired) electrons. The van der Waals surface area contributed by atoms with Gasteiger partial charge in [-0.05, 0) is 66.1 Å². The van der Waals surface area contributed by atoms with Crippen LogP contribution in [-0.4, -0.2) is 22.4 Å². The fourth-order valence-electron chi connectivity index (χ4n) is 4.41. The van der Waals surface area contributed by atoms with Gasteiger partial charge in [-0.25, -0.2) is 0 Å². The molecule has 178 valence electrons. The third-order valence-electron chi connectivity index (χ3n) is 6.12. The van der Waals surface area contributed by atoms with Crippen LogP contribution in [0.1, 0.15) is 42.8 Å². The van der Waals surface area contributed by atoms with E-state index in [1.165, 1.54) is 22.0 Å². The molecule has 5 rings (SSSR count). The summed E-state index contributed by atoms with van der Waals surface area (Å²) >= 11 is 7.16. The molecule has 2 aromatic carbocycles. The van der Waals surface area contributed by atoms with E-state index in [0.717, 1.165) is 11.1 Å². The summed E-state index contributed by atoms with van der Waals surface area (Å²) in [6.07, 6.45) is 2.07. The molecule has 1 aliphatic carbocycles. The second-order valence-corrected chi connectivity index (χ2v) is 9.99. The second kappa shape index (κ2) is 9.82. The molecule has 9 heteroatoms. The van der Waals surface area contributed by atoms with Crippen molar-refractivity contribution in [2.24, 2.45) is 0 Å². The topological polar surface area (TPSA) is 104 Å². The van der Waals surface area contributed by atoms with Gasteiger partial charge >= 0.3 is 0 Å². The minimum atomic E-state index is -0.531. The van der Waals surface area contributed by atoms with Gasteiger partial charge in [0.15, 0.2) is 0 Å². The number of thiophene rings is 1. The number of pyridine rings is 1. The highest BCUT2D eigenvalue weighted by atomic mass is 35.5. The lowest BCUT2D eigenvalue weighted by atomic mass is 10.0. The molecule has 2 atom stereocenters. The van der Waals surface area contributed by atoms with Crippen LogP contribution in [0.2, 0.25) is 4.34 Å². The van der Waals surface area contributed by atoms with Gasteiger partial charge in [0.05, 0.1) is 32.9 Å². The number of nitriles is 1. The van der Waals surface area contributed by atoms with E-state index in [0.29, 0.717) is 32.4 Å². The van der Waals surface area contributed by atoms with Gasteiger partial charge < -0.3 is 10.6 Å². The summed E-state index contributed by atoms with van der Waals surface area (Å²) in [5.41, 5.74) is 2.99. The van der Waals surface area contributed by atoms with Crippen LogP contribution in [0.5, 0.6) is 0 Å². The molecule has 0 bridgehead atoms. The summed E-state index contributed by atoms with van der Waals surface area (Å²) in [7, 11) is 0. The van der Waals surface area contributed by atoms with E-state index in [1.54, 1.807) is 66.9 Å². The Morgan fingerprint density at radius 1 is 0.972 bits per heavy atom. The summed E-state index contributed by atoms with van der Waals surface area (Å²) < 4.78 is 1.99. The number of carbonyl (C=O) groups excluding carboxylic acids is 2. The van der Waals surface area contributed by atoms with Crippen molar-refractivity contribution in [2.45, 2.75) is 18.5 Å². The predicted octanol–water partition coefficient (Wildman–Crippen LogP) is 4.25. The Kier molecular flexibility index (Phi) is 6.42. The van der Waals surface area contributed by atoms with Gasteiger partial charge in [0.2, 0.25) is 0 Å². The maximum Gasteiger partial charge on any atom is 0.261 e. The van der Waals surface area contributed by atoms with Crippen molar-refractivity contribution >= 4 is 34.8 Å². The van der Waals surface area contributed by atoms with Gasteiger partial charge in [0, 0.05) is 23.5 Å². The van der Waals surface area contributed by atoms with Crippen LogP contribution in [0, 0.1) is 11.3 Å². The van der Waals surface area contributed by atoms with E-state index in [-0.39, 0.29) is 17.4 Å². The molecule has 0 unspecified atom stereocenters. The Labute approximate surface area is 215 Å². The Morgan fingerprint density at radius 2 is 1.78 bits per heavy atom. The molecule has 1 aliphatic rings. The first-order valence-corrected chi connectivity index (χ1v) is 12.3. The Balaban J connectivity index is 1.40. The standard InChI is InChI=1S/C27H19ClN4O3S/c28-23-12-11-22(36-23)27(35)30-21-14-20-17(15-29)4-3-5-19(20)25(21)31-26(34)16-7-9-18(10-8-16)32-13-2-1-6-24(32)33/h1-13,21,25H,14H2,(H,30,35)(H,31,34)/t21-,25+/m1/s1. The smallest absolute Gasteiger partial charge is 0.261 e. The van der Waals surface area contributed by atoms with Gasteiger partial charge in [0.25, 0.3) is 17.4 Å². The monoisotopic (exact) mass is 514 g/mol. The van der Waals surface area contributed by atoms with E-state index >= 15 is 0 Å². The second-order valence-electron chi connectivity index (χ2n) is 8.28. The fourth-order valence-corrected chi connectivity index (χ4v) is 5.36. The average Bonchev–Trinajstić information content (AvgIpc) is 3.48. The van der Waals surface area contributed by atoms with E-state index in [1.807, 2.05) is 6.07 Å². The molecule has 2 amide bonds. The number of fused-ring (bicyclic) bond motifs is 1. The molecule has 36 heavy (non-hydrogen) atoms. The maximum absolute atomic E-state index is 13.2. The lowest BCUT2D eigenvalue weighted by Crippen LogP contribution is -2.44. The first kappa shape index (κ1) is 23.5. The number of amides is 2. The summed E-state index contributed by atoms with van der Waals surface area (Å²) in [6.45, 7) is 0. The van der Waals surface area contributed by atoms with Gasteiger partial charge in [0.1, 0.15) is 0 Å². The van der Waals surface area contributed by atoms with E-state index in [9.17, 15) is 19.6 Å². The molecular formula is C27H19ClN4O3S. The third kappa shape index (κ3) is 4.54. The summed E-state index contributed by atoms with van der Waals surface area (Å²) in [6, 6.07) is 21.5. The largest absolute Gasteiger partial charge is 0.346 e. The lowest BCUT2D eigenvalue weighted by Gasteiger charge is -2.23. The first-order valence-electron chi connectivity index (χ1n) is 11.1. The van der Waals surface area contributed by atoms with Crippen molar-refractivity contribution in [2.75, 3.05) is 0 Å². The Bertz CT molecular complexity index is 1570. The Hall–Kier alpha value is -4.19. The van der Waals surface area contributed by atoms with Crippen molar-refractivity contribution in [3.63, 3.8) is 0 Å². The SMILES string of the molecule is N#Cc1cccc2c1C[C@@H](NC(=O)c1ccc(Cl)s1)[C@H]2NC(=O)c1ccc(-n2ccccc2=O)cc1. The zero-order chi connectivity index (χ0) is 25.2. The molecule has 2 heterocycles. The highest BCUT2D eigenvalue weighted by molar-refractivity contribution is 7.18. The van der Waals surface area contributed by atoms with Gasteiger partial charge in [-0.15, -0.1) is 11.3 Å². The fraction of sp³-hybridized carbons (Fsp3) is 0.111. The van der Waals surface area contributed by atoms with Crippen LogP contribution in [0.25, 0.3) is 5.69 Å². The van der Waals surface area contributed by atoms with E-state index < -0.39 is 12.1 Å². The number of nitrogens with zero attached hydrogens (tertiary/aromatic N) is 2. The molecule has 0 fully saturated rings. The predicted molar refractivity (Wildman–Crippen MR) is 138 cm³/mol. The number of halogens is 1. The molecule has 0 spiro atoms. The van der Waals surface area contributed by atoms with Crippen LogP contribution in [-0.2, 0) is 6.42 Å². The molecule has 2 N–H and O–H groups in total. The van der Waals surface area contributed by atoms with Crippen molar-refractivity contribution < 1.29 is 9.59 Å². The van der Waals surface area contributed by atoms with E-state index in [4.69, 9.17) is 11.6 Å². The summed E-state index contributed by atoms with van der Waals surface area (Å²) in [5, 5.41) is 15.6. The zero-order valence-corrected chi connectivity index (χ0v) is 20.3. The molecule has 4 aromatic rings. The highest BCUT2D eigenvalue weighted by Gasteiger charge is 2.36. The number of hydrogen-bond donors (Lipinski definition) is 2. The zero-order valence-electron chi connectivity index (χ0n) is 18.8. The first-order chi connectivity index (χ1) is 17.4. The third-order valence-corrected chi connectivity index (χ3v) is 7.35. The van der Waals surface area contributed by atoms with Crippen molar-refractivity contribution in [3.8, 4) is 11.8 Å². The minimum Gasteiger partial charge on any atom is -0.346 e. The number of rotatable bonds is 5. The lowest BCUT2D eigenvalue weighted by molar-refractivity contribution is 0.0890. The van der Waals surface area contributed by atoms with Crippen LogP contribution in [0.4, 0.5) is 0 Å². The number of hydrogen-bond acceptors (Lipinski definition) is 5. The van der Waals surface area contributed by atoms with Gasteiger partial charge in [-0.1, -0.05) is 29.8 Å². The van der Waals surface area contributed by atoms with Crippen LogP contribution in [0.15, 0.2) is 83.8 Å². The molecule has 0 saturated carbocycles. The molecule has 0 saturated heterocycles. The summed E-state index contributed by atoms with van der Waals surface area (Å²) in [5.74, 6) is -0.624. The van der Waals surface area contributed by atoms with Crippen molar-refractivity contribution in [1.29, 1.82) is 5.26 Å². The normalized spacial score (nSPS) is 16.1. The molecule has 2 aromatic heterocycles. The molecule has 7 nitrogen and oxygen atoms in total. The molecule has 0 aliphatic heterocycles. The highest BCUT2D eigenvalue weighted by Crippen LogP contribution is 2.34. The van der Waals surface area contributed by atoms with Crippen LogP contribution in [0.3, 0.4) is 0 Å². The number of nitrogens with one attached hydrogen (secondary N) is 2. The van der Waals surface area contributed by atoms with Crippen molar-refractivity contribution in [3.05, 3.63) is 121 Å². The Morgan fingerprint density at radius 3 is 2.47 bits per heavy atom. The van der Waals surface area contributed by atoms with Crippen molar-refractivity contribution in [1.82, 2.24) is 15.2 Å². The molecular weight excluding hydrogens is 496 g/mol. The van der Waals surface area contributed by atoms with Gasteiger partial charge in [-0.3, -0.25) is 19.0 Å². The maximum atomic E-state index is 13.2. The van der Waals surface area contributed by atoms with Crippen LogP contribution < -0.4 is 16.2 Å². The summed E-state index contributed by atoms with van der Waals surface area (Å²) in [4.78, 5) is 38.6.